The lowest BCUT2D eigenvalue weighted by molar-refractivity contribution is -0.137. The molecule has 1 fully saturated rings. The van der Waals surface area contributed by atoms with Gasteiger partial charge in [0.1, 0.15) is 0 Å². The molecule has 1 amide bonds. The lowest BCUT2D eigenvalue weighted by Gasteiger charge is -2.40. The van der Waals surface area contributed by atoms with E-state index in [4.69, 9.17) is 9.47 Å². The van der Waals surface area contributed by atoms with Gasteiger partial charge < -0.3 is 14.4 Å². The van der Waals surface area contributed by atoms with Crippen molar-refractivity contribution in [1.82, 2.24) is 14.7 Å². The van der Waals surface area contributed by atoms with Crippen molar-refractivity contribution in [1.29, 1.82) is 0 Å². The Kier molecular flexibility index (Phi) is 4.34. The van der Waals surface area contributed by atoms with E-state index >= 15 is 0 Å². The number of piperidine rings is 1. The maximum Gasteiger partial charge on any atom is 0.231 e. The van der Waals surface area contributed by atoms with Crippen molar-refractivity contribution in [3.05, 3.63) is 41.7 Å². The topological polar surface area (TPSA) is 56.6 Å². The zero-order valence-electron chi connectivity index (χ0n) is 15.4. The van der Waals surface area contributed by atoms with Crippen LogP contribution >= 0.6 is 0 Å². The first-order valence-corrected chi connectivity index (χ1v) is 9.17. The second kappa shape index (κ2) is 6.67. The van der Waals surface area contributed by atoms with E-state index in [1.54, 1.807) is 0 Å². The minimum Gasteiger partial charge on any atom is -0.454 e. The molecular weight excluding hydrogens is 330 g/mol. The van der Waals surface area contributed by atoms with Crippen molar-refractivity contribution in [2.45, 2.75) is 39.7 Å². The van der Waals surface area contributed by atoms with Crippen LogP contribution in [-0.4, -0.2) is 40.5 Å². The summed E-state index contributed by atoms with van der Waals surface area (Å²) in [6.07, 6.45) is 4.42. The smallest absolute Gasteiger partial charge is 0.231 e. The summed E-state index contributed by atoms with van der Waals surface area (Å²) in [5.41, 5.74) is 2.30. The summed E-state index contributed by atoms with van der Waals surface area (Å²) < 4.78 is 12.8. The fourth-order valence-corrected chi connectivity index (χ4v) is 3.90. The first kappa shape index (κ1) is 16.9. The van der Waals surface area contributed by atoms with Gasteiger partial charge in [-0.1, -0.05) is 13.0 Å². The summed E-state index contributed by atoms with van der Waals surface area (Å²) in [6.45, 7) is 6.77. The molecule has 0 saturated carbocycles. The molecule has 0 aliphatic carbocycles. The Bertz CT molecular complexity index is 816. The fraction of sp³-hybridized carbons (Fsp3) is 0.500. The zero-order valence-corrected chi connectivity index (χ0v) is 15.4. The molecule has 0 unspecified atom stereocenters. The third kappa shape index (κ3) is 3.54. The number of likely N-dealkylation sites (tertiary alicyclic amines) is 1. The third-order valence-corrected chi connectivity index (χ3v) is 5.31. The van der Waals surface area contributed by atoms with Crippen LogP contribution in [0.25, 0.3) is 0 Å². The van der Waals surface area contributed by atoms with Crippen molar-refractivity contribution in [2.24, 2.45) is 5.41 Å². The molecular formula is C20H25N3O3. The van der Waals surface area contributed by atoms with Crippen LogP contribution in [-0.2, 0) is 17.8 Å². The minimum atomic E-state index is 0.0711. The van der Waals surface area contributed by atoms with Crippen molar-refractivity contribution >= 4 is 5.91 Å². The van der Waals surface area contributed by atoms with Crippen LogP contribution in [0.15, 0.2) is 30.5 Å². The van der Waals surface area contributed by atoms with Crippen LogP contribution in [0.2, 0.25) is 0 Å². The normalized spacial score (nSPS) is 22.1. The van der Waals surface area contributed by atoms with E-state index in [1.807, 2.05) is 34.8 Å². The van der Waals surface area contributed by atoms with Crippen molar-refractivity contribution in [2.75, 3.05) is 19.9 Å². The Morgan fingerprint density at radius 1 is 1.19 bits per heavy atom. The molecule has 3 heterocycles. The number of benzene rings is 1. The number of hydrogen-bond acceptors (Lipinski definition) is 4. The molecule has 0 spiro atoms. The SMILES string of the molecule is Cc1ccn(CCN2C[C@](C)(Cc3ccc4c(c3)OCO4)CCC2=O)n1. The number of carbonyl (C=O) groups excluding carboxylic acids is 1. The second-order valence-electron chi connectivity index (χ2n) is 7.71. The van der Waals surface area contributed by atoms with E-state index in [2.05, 4.69) is 24.2 Å². The number of ether oxygens (including phenoxy) is 2. The Hall–Kier alpha value is -2.50. The summed E-state index contributed by atoms with van der Waals surface area (Å²) in [7, 11) is 0. The molecule has 138 valence electrons. The Labute approximate surface area is 153 Å². The van der Waals surface area contributed by atoms with Crippen LogP contribution in [0.5, 0.6) is 11.5 Å². The second-order valence-corrected chi connectivity index (χ2v) is 7.71. The number of aromatic nitrogens is 2. The van der Waals surface area contributed by atoms with Gasteiger partial charge in [0, 0.05) is 25.7 Å². The number of amides is 1. The van der Waals surface area contributed by atoms with Gasteiger partial charge in [0.05, 0.1) is 12.2 Å². The van der Waals surface area contributed by atoms with Gasteiger partial charge in [-0.05, 0) is 48.9 Å². The highest BCUT2D eigenvalue weighted by Gasteiger charge is 2.35. The van der Waals surface area contributed by atoms with E-state index in [9.17, 15) is 4.79 Å². The molecule has 6 heteroatoms. The highest BCUT2D eigenvalue weighted by Crippen LogP contribution is 2.37. The molecule has 1 aromatic carbocycles. The number of aryl methyl sites for hydroxylation is 1. The monoisotopic (exact) mass is 355 g/mol. The summed E-state index contributed by atoms with van der Waals surface area (Å²) in [5, 5.41) is 4.41. The Morgan fingerprint density at radius 2 is 2.04 bits per heavy atom. The van der Waals surface area contributed by atoms with Crippen LogP contribution in [0.4, 0.5) is 0 Å². The molecule has 0 bridgehead atoms. The molecule has 6 nitrogen and oxygen atoms in total. The van der Waals surface area contributed by atoms with Gasteiger partial charge in [-0.3, -0.25) is 9.48 Å². The first-order chi connectivity index (χ1) is 12.5. The van der Waals surface area contributed by atoms with E-state index in [-0.39, 0.29) is 11.3 Å². The van der Waals surface area contributed by atoms with Crippen LogP contribution < -0.4 is 9.47 Å². The molecule has 2 aliphatic heterocycles. The quantitative estimate of drug-likeness (QED) is 0.828. The van der Waals surface area contributed by atoms with E-state index in [0.29, 0.717) is 19.8 Å². The van der Waals surface area contributed by atoms with Gasteiger partial charge >= 0.3 is 0 Å². The van der Waals surface area contributed by atoms with Gasteiger partial charge in [0.2, 0.25) is 12.7 Å². The van der Waals surface area contributed by atoms with Crippen molar-refractivity contribution in [3.8, 4) is 11.5 Å². The predicted molar refractivity (Wildman–Crippen MR) is 97.2 cm³/mol. The molecule has 26 heavy (non-hydrogen) atoms. The maximum atomic E-state index is 12.4. The molecule has 1 aromatic heterocycles. The molecule has 4 rings (SSSR count). The molecule has 1 atom stereocenters. The predicted octanol–water partition coefficient (Wildman–Crippen LogP) is 2.79. The lowest BCUT2D eigenvalue weighted by atomic mass is 9.76. The van der Waals surface area contributed by atoms with Crippen LogP contribution in [0.3, 0.4) is 0 Å². The average Bonchev–Trinajstić information content (AvgIpc) is 3.24. The maximum absolute atomic E-state index is 12.4. The molecule has 2 aromatic rings. The highest BCUT2D eigenvalue weighted by atomic mass is 16.7. The first-order valence-electron chi connectivity index (χ1n) is 9.17. The minimum absolute atomic E-state index is 0.0711. The molecule has 2 aliphatic rings. The molecule has 1 saturated heterocycles. The summed E-state index contributed by atoms with van der Waals surface area (Å²) in [6, 6.07) is 8.14. The standard InChI is InChI=1S/C20H25N3O3/c1-15-6-8-23(21-15)10-9-22-13-20(2,7-5-19(22)24)12-16-3-4-17-18(11-16)26-14-25-17/h3-4,6,8,11H,5,7,9-10,12-14H2,1-2H3/t20-/m0/s1. The van der Waals surface area contributed by atoms with Gasteiger partial charge in [-0.15, -0.1) is 0 Å². The Morgan fingerprint density at radius 3 is 2.85 bits per heavy atom. The average molecular weight is 355 g/mol. The number of nitrogens with zero attached hydrogens (tertiary/aromatic N) is 3. The lowest BCUT2D eigenvalue weighted by Crippen LogP contribution is -2.47. The van der Waals surface area contributed by atoms with E-state index in [1.165, 1.54) is 5.56 Å². The van der Waals surface area contributed by atoms with Crippen molar-refractivity contribution in [3.63, 3.8) is 0 Å². The highest BCUT2D eigenvalue weighted by molar-refractivity contribution is 5.77. The third-order valence-electron chi connectivity index (χ3n) is 5.31. The molecule has 0 N–H and O–H groups in total. The van der Waals surface area contributed by atoms with E-state index in [0.717, 1.165) is 43.1 Å². The number of hydrogen-bond donors (Lipinski definition) is 0. The Balaban J connectivity index is 1.41. The van der Waals surface area contributed by atoms with Crippen LogP contribution in [0, 0.1) is 12.3 Å². The van der Waals surface area contributed by atoms with Gasteiger partial charge in [0.15, 0.2) is 11.5 Å². The zero-order chi connectivity index (χ0) is 18.1. The summed E-state index contributed by atoms with van der Waals surface area (Å²) >= 11 is 0. The number of carbonyl (C=O) groups is 1. The van der Waals surface area contributed by atoms with Crippen molar-refractivity contribution < 1.29 is 14.3 Å². The molecule has 0 radical (unpaired) electrons. The fourth-order valence-electron chi connectivity index (χ4n) is 3.90. The van der Waals surface area contributed by atoms with Gasteiger partial charge in [0.25, 0.3) is 0 Å². The number of rotatable bonds is 5. The largest absolute Gasteiger partial charge is 0.454 e. The van der Waals surface area contributed by atoms with Crippen LogP contribution in [0.1, 0.15) is 31.0 Å². The van der Waals surface area contributed by atoms with E-state index < -0.39 is 0 Å². The number of fused-ring (bicyclic) bond motifs is 1. The van der Waals surface area contributed by atoms with Gasteiger partial charge in [-0.25, -0.2) is 0 Å². The van der Waals surface area contributed by atoms with Gasteiger partial charge in [-0.2, -0.15) is 5.10 Å². The summed E-state index contributed by atoms with van der Waals surface area (Å²) in [4.78, 5) is 14.4. The summed E-state index contributed by atoms with van der Waals surface area (Å²) in [5.74, 6) is 1.88.